The Bertz CT molecular complexity index is 775. The van der Waals surface area contributed by atoms with Crippen molar-refractivity contribution in [1.82, 2.24) is 4.98 Å². The van der Waals surface area contributed by atoms with Crippen LogP contribution in [0.4, 0.5) is 0 Å². The van der Waals surface area contributed by atoms with Gasteiger partial charge in [-0.1, -0.05) is 18.4 Å². The van der Waals surface area contributed by atoms with Gasteiger partial charge in [-0.05, 0) is 24.6 Å². The molecule has 0 fully saturated rings. The second-order valence-electron chi connectivity index (χ2n) is 6.39. The minimum Gasteiger partial charge on any atom is -0.456 e. The van der Waals surface area contributed by atoms with Crippen LogP contribution in [0.5, 0.6) is 0 Å². The second-order valence-corrected chi connectivity index (χ2v) is 6.39. The number of H-pyrrole nitrogens is 1. The van der Waals surface area contributed by atoms with Crippen molar-refractivity contribution in [1.29, 1.82) is 0 Å². The summed E-state index contributed by atoms with van der Waals surface area (Å²) in [5.41, 5.74) is 3.20. The van der Waals surface area contributed by atoms with Gasteiger partial charge in [0, 0.05) is 23.0 Å². The Balaban J connectivity index is 1.88. The average Bonchev–Trinajstić information content (AvgIpc) is 2.74. The van der Waals surface area contributed by atoms with E-state index in [1.54, 1.807) is 27.1 Å². The van der Waals surface area contributed by atoms with E-state index in [0.29, 0.717) is 18.5 Å². The number of quaternary nitrogens is 1. The van der Waals surface area contributed by atoms with Gasteiger partial charge in [-0.3, -0.25) is 4.84 Å². The standard InChI is InChI=1S/C19H23N2O4/c1-14(2)19(23)24-11-10-21(3,4)25-18(22)12-15-13-20-17-9-7-5-6-8-16(15)17/h6,8,13,20H,1,9-12H2,2-4H3/q+1. The molecule has 0 radical (unpaired) electrons. The lowest BCUT2D eigenvalue weighted by Gasteiger charge is -2.25. The minimum atomic E-state index is -0.449. The molecule has 0 unspecified atom stereocenters. The zero-order chi connectivity index (χ0) is 18.4. The molecule has 2 rings (SSSR count). The first-order valence-electron chi connectivity index (χ1n) is 8.00. The molecule has 1 aromatic heterocycles. The fourth-order valence-electron chi connectivity index (χ4n) is 2.34. The Morgan fingerprint density at radius 3 is 2.88 bits per heavy atom. The molecule has 25 heavy (non-hydrogen) atoms. The molecule has 132 valence electrons. The smallest absolute Gasteiger partial charge is 0.371 e. The number of rotatable bonds is 7. The van der Waals surface area contributed by atoms with Crippen LogP contribution in [0.15, 0.2) is 24.4 Å². The highest BCUT2D eigenvalue weighted by Crippen LogP contribution is 2.19. The number of hydrogen-bond acceptors (Lipinski definition) is 4. The van der Waals surface area contributed by atoms with Crippen molar-refractivity contribution >= 4 is 18.0 Å². The van der Waals surface area contributed by atoms with Crippen molar-refractivity contribution in [2.45, 2.75) is 19.8 Å². The summed E-state index contributed by atoms with van der Waals surface area (Å²) >= 11 is 0. The summed E-state index contributed by atoms with van der Waals surface area (Å²) in [6, 6.07) is 0. The van der Waals surface area contributed by atoms with Crippen LogP contribution in [0.25, 0.3) is 6.08 Å². The fourth-order valence-corrected chi connectivity index (χ4v) is 2.34. The number of esters is 1. The third-order valence-electron chi connectivity index (χ3n) is 3.69. The normalized spacial score (nSPS) is 12.4. The van der Waals surface area contributed by atoms with E-state index >= 15 is 0 Å². The van der Waals surface area contributed by atoms with E-state index in [4.69, 9.17) is 9.57 Å². The summed E-state index contributed by atoms with van der Waals surface area (Å²) in [5.74, 6) is 5.14. The maximum atomic E-state index is 12.3. The predicted octanol–water partition coefficient (Wildman–Crippen LogP) is 1.78. The number of likely N-dealkylation sites (N-methyl/N-ethyl adjacent to an activating group) is 1. The van der Waals surface area contributed by atoms with Crippen molar-refractivity contribution in [3.8, 4) is 11.8 Å². The van der Waals surface area contributed by atoms with Gasteiger partial charge in [-0.2, -0.15) is 0 Å². The Morgan fingerprint density at radius 1 is 1.40 bits per heavy atom. The lowest BCUT2D eigenvalue weighted by atomic mass is 10.1. The zero-order valence-corrected chi connectivity index (χ0v) is 14.8. The molecule has 6 nitrogen and oxygen atoms in total. The van der Waals surface area contributed by atoms with E-state index < -0.39 is 5.97 Å². The van der Waals surface area contributed by atoms with Crippen molar-refractivity contribution in [2.75, 3.05) is 27.2 Å². The number of fused-ring (bicyclic) bond motifs is 1. The zero-order valence-electron chi connectivity index (χ0n) is 14.8. The Morgan fingerprint density at radius 2 is 2.16 bits per heavy atom. The molecule has 0 atom stereocenters. The second kappa shape index (κ2) is 7.86. The average molecular weight is 343 g/mol. The first kappa shape index (κ1) is 18.6. The number of nitrogens with zero attached hydrogens (tertiary/aromatic N) is 1. The minimum absolute atomic E-state index is 0.0339. The van der Waals surface area contributed by atoms with Crippen LogP contribution >= 0.6 is 0 Å². The molecule has 1 aliphatic rings. The molecular weight excluding hydrogens is 320 g/mol. The summed E-state index contributed by atoms with van der Waals surface area (Å²) < 4.78 is 5.01. The van der Waals surface area contributed by atoms with Crippen LogP contribution in [-0.2, 0) is 32.0 Å². The number of aromatic amines is 1. The molecule has 1 N–H and O–H groups in total. The topological polar surface area (TPSA) is 68.4 Å². The number of ether oxygens (including phenoxy) is 1. The summed E-state index contributed by atoms with van der Waals surface area (Å²) in [7, 11) is 3.47. The third-order valence-corrected chi connectivity index (χ3v) is 3.69. The molecule has 0 spiro atoms. The maximum absolute atomic E-state index is 12.3. The molecule has 6 heteroatoms. The van der Waals surface area contributed by atoms with E-state index in [2.05, 4.69) is 23.4 Å². The van der Waals surface area contributed by atoms with Crippen LogP contribution in [0.2, 0.25) is 0 Å². The third kappa shape index (κ3) is 5.37. The van der Waals surface area contributed by atoms with Crippen LogP contribution in [-0.4, -0.2) is 48.8 Å². The van der Waals surface area contributed by atoms with Crippen LogP contribution < -0.4 is 0 Å². The highest BCUT2D eigenvalue weighted by molar-refractivity contribution is 5.86. The Kier molecular flexibility index (Phi) is 5.84. The highest BCUT2D eigenvalue weighted by Gasteiger charge is 2.24. The summed E-state index contributed by atoms with van der Waals surface area (Å²) in [5, 5.41) is 0. The number of carbonyl (C=O) groups is 2. The van der Waals surface area contributed by atoms with E-state index in [-0.39, 0.29) is 23.6 Å². The van der Waals surface area contributed by atoms with E-state index in [1.165, 1.54) is 0 Å². The molecule has 0 saturated carbocycles. The summed E-state index contributed by atoms with van der Waals surface area (Å²) in [6.45, 7) is 5.60. The molecule has 0 amide bonds. The summed E-state index contributed by atoms with van der Waals surface area (Å²) in [4.78, 5) is 32.3. The monoisotopic (exact) mass is 343 g/mol. The van der Waals surface area contributed by atoms with Crippen molar-refractivity contribution in [3.05, 3.63) is 41.2 Å². The lowest BCUT2D eigenvalue weighted by Crippen LogP contribution is -2.44. The van der Waals surface area contributed by atoms with E-state index in [0.717, 1.165) is 16.8 Å². The van der Waals surface area contributed by atoms with E-state index in [9.17, 15) is 9.59 Å². The SMILES string of the molecule is C=C(C)C(=O)OCC[N+](C)(C)OC(=O)Cc1c[nH]c2c1C=CC#CC2. The molecule has 1 aliphatic carbocycles. The van der Waals surface area contributed by atoms with Gasteiger partial charge in [0.05, 0.1) is 12.8 Å². The molecule has 0 aromatic carbocycles. The Hall–Kier alpha value is -2.78. The van der Waals surface area contributed by atoms with Gasteiger partial charge in [-0.25, -0.2) is 9.59 Å². The lowest BCUT2D eigenvalue weighted by molar-refractivity contribution is -1.06. The number of aromatic nitrogens is 1. The first-order chi connectivity index (χ1) is 11.8. The van der Waals surface area contributed by atoms with Crippen molar-refractivity contribution < 1.29 is 23.8 Å². The van der Waals surface area contributed by atoms with Gasteiger partial charge < -0.3 is 9.72 Å². The molecule has 0 saturated heterocycles. The molecule has 1 heterocycles. The van der Waals surface area contributed by atoms with Gasteiger partial charge in [0.15, 0.2) is 6.54 Å². The number of hydrogen-bond donors (Lipinski definition) is 1. The van der Waals surface area contributed by atoms with Crippen LogP contribution in [0, 0.1) is 11.8 Å². The number of allylic oxidation sites excluding steroid dienone is 1. The van der Waals surface area contributed by atoms with Crippen molar-refractivity contribution in [3.63, 3.8) is 0 Å². The quantitative estimate of drug-likeness (QED) is 0.269. The van der Waals surface area contributed by atoms with Gasteiger partial charge >= 0.3 is 11.9 Å². The van der Waals surface area contributed by atoms with E-state index in [1.807, 2.05) is 12.3 Å². The molecule has 0 bridgehead atoms. The number of nitrogens with one attached hydrogen (secondary N) is 1. The molecular formula is C19H23N2O4+. The Labute approximate surface area is 147 Å². The van der Waals surface area contributed by atoms with Gasteiger partial charge in [0.25, 0.3) is 0 Å². The first-order valence-corrected chi connectivity index (χ1v) is 8.00. The maximum Gasteiger partial charge on any atom is 0.371 e. The largest absolute Gasteiger partial charge is 0.456 e. The summed E-state index contributed by atoms with van der Waals surface area (Å²) in [6.07, 6.45) is 6.30. The fraction of sp³-hybridized carbons (Fsp3) is 0.368. The van der Waals surface area contributed by atoms with Gasteiger partial charge in [0.1, 0.15) is 20.7 Å². The van der Waals surface area contributed by atoms with Crippen LogP contribution in [0.3, 0.4) is 0 Å². The number of carbonyl (C=O) groups excluding carboxylic acids is 2. The molecule has 0 aliphatic heterocycles. The number of hydroxylamine groups is 3. The predicted molar refractivity (Wildman–Crippen MR) is 93.9 cm³/mol. The van der Waals surface area contributed by atoms with Gasteiger partial charge in [0.2, 0.25) is 0 Å². The van der Waals surface area contributed by atoms with Crippen molar-refractivity contribution in [2.24, 2.45) is 0 Å². The van der Waals surface area contributed by atoms with Crippen LogP contribution in [0.1, 0.15) is 23.7 Å². The molecule has 1 aromatic rings. The van der Waals surface area contributed by atoms with Gasteiger partial charge in [-0.15, -0.1) is 4.65 Å². The highest BCUT2D eigenvalue weighted by atomic mass is 16.7.